The van der Waals surface area contributed by atoms with Crippen LogP contribution in [0.4, 0.5) is 0 Å². The van der Waals surface area contributed by atoms with Gasteiger partial charge in [0.05, 0.1) is 12.6 Å². The second-order valence-corrected chi connectivity index (χ2v) is 3.83. The number of aromatic nitrogens is 2. The van der Waals surface area contributed by atoms with Crippen LogP contribution in [0.15, 0.2) is 4.42 Å². The van der Waals surface area contributed by atoms with Crippen molar-refractivity contribution in [2.24, 2.45) is 0 Å². The van der Waals surface area contributed by atoms with Crippen molar-refractivity contribution in [1.82, 2.24) is 15.5 Å². The molecule has 1 fully saturated rings. The molecule has 0 aliphatic carbocycles. The highest BCUT2D eigenvalue weighted by Gasteiger charge is 2.13. The fourth-order valence-electron chi connectivity index (χ4n) is 1.72. The number of rotatable bonds is 4. The molecule has 0 saturated carbocycles. The van der Waals surface area contributed by atoms with Crippen molar-refractivity contribution in [1.29, 1.82) is 0 Å². The third-order valence-electron chi connectivity index (χ3n) is 2.49. The second-order valence-electron chi connectivity index (χ2n) is 3.83. The predicted octanol–water partition coefficient (Wildman–Crippen LogP) is 1.04. The molecule has 1 aromatic heterocycles. The first-order valence-electron chi connectivity index (χ1n) is 5.46. The average molecular weight is 211 g/mol. The maximum Gasteiger partial charge on any atom is 0.230 e. The van der Waals surface area contributed by atoms with Gasteiger partial charge in [0.2, 0.25) is 11.8 Å². The number of nitrogens with one attached hydrogen (secondary N) is 1. The fraction of sp³-hybridized carbons (Fsp3) is 0.800. The van der Waals surface area contributed by atoms with Crippen LogP contribution >= 0.6 is 0 Å². The summed E-state index contributed by atoms with van der Waals surface area (Å²) in [6.45, 7) is 4.18. The van der Waals surface area contributed by atoms with Gasteiger partial charge in [-0.1, -0.05) is 0 Å². The molecule has 0 aromatic carbocycles. The third-order valence-corrected chi connectivity index (χ3v) is 2.49. The molecule has 0 radical (unpaired) electrons. The molecule has 0 amide bonds. The smallest absolute Gasteiger partial charge is 0.230 e. The molecule has 1 saturated heterocycles. The first-order chi connectivity index (χ1) is 7.34. The van der Waals surface area contributed by atoms with Crippen LogP contribution in [0.5, 0.6) is 0 Å². The molecule has 1 aliphatic rings. The monoisotopic (exact) mass is 211 g/mol. The van der Waals surface area contributed by atoms with Crippen molar-refractivity contribution in [3.05, 3.63) is 11.8 Å². The Morgan fingerprint density at radius 2 is 2.33 bits per heavy atom. The van der Waals surface area contributed by atoms with E-state index in [-0.39, 0.29) is 0 Å². The van der Waals surface area contributed by atoms with Gasteiger partial charge in [0, 0.05) is 20.1 Å². The van der Waals surface area contributed by atoms with Gasteiger partial charge in [-0.3, -0.25) is 0 Å². The van der Waals surface area contributed by atoms with Crippen molar-refractivity contribution in [3.63, 3.8) is 0 Å². The van der Waals surface area contributed by atoms with Crippen molar-refractivity contribution in [2.45, 2.75) is 38.8 Å². The van der Waals surface area contributed by atoms with Crippen LogP contribution in [0.2, 0.25) is 0 Å². The molecule has 1 N–H and O–H groups in total. The minimum absolute atomic E-state index is 0.350. The molecule has 15 heavy (non-hydrogen) atoms. The Morgan fingerprint density at radius 1 is 1.40 bits per heavy atom. The number of aryl methyl sites for hydroxylation is 1. The van der Waals surface area contributed by atoms with Crippen molar-refractivity contribution in [2.75, 3.05) is 13.2 Å². The first-order valence-corrected chi connectivity index (χ1v) is 5.46. The van der Waals surface area contributed by atoms with Crippen molar-refractivity contribution in [3.8, 4) is 0 Å². The number of hydrogen-bond acceptors (Lipinski definition) is 5. The van der Waals surface area contributed by atoms with E-state index in [1.54, 1.807) is 6.92 Å². The van der Waals surface area contributed by atoms with Crippen LogP contribution in [0.3, 0.4) is 0 Å². The Labute approximate surface area is 89.2 Å². The zero-order chi connectivity index (χ0) is 10.5. The maximum absolute atomic E-state index is 5.59. The summed E-state index contributed by atoms with van der Waals surface area (Å²) in [7, 11) is 0. The maximum atomic E-state index is 5.59. The summed E-state index contributed by atoms with van der Waals surface area (Å²) in [4.78, 5) is 0. The molecule has 1 aromatic rings. The van der Waals surface area contributed by atoms with E-state index >= 15 is 0 Å². The van der Waals surface area contributed by atoms with Gasteiger partial charge in [0.1, 0.15) is 0 Å². The Balaban J connectivity index is 1.65. The Morgan fingerprint density at radius 3 is 3.00 bits per heavy atom. The largest absolute Gasteiger partial charge is 0.424 e. The normalized spacial score (nSPS) is 21.8. The van der Waals surface area contributed by atoms with Crippen molar-refractivity contribution >= 4 is 0 Å². The Bertz CT molecular complexity index is 295. The third kappa shape index (κ3) is 3.28. The highest BCUT2D eigenvalue weighted by Crippen LogP contribution is 2.11. The number of hydrogen-bond donors (Lipinski definition) is 1. The van der Waals surface area contributed by atoms with E-state index in [2.05, 4.69) is 15.5 Å². The van der Waals surface area contributed by atoms with Gasteiger partial charge in [-0.25, -0.2) is 0 Å². The fourth-order valence-corrected chi connectivity index (χ4v) is 1.72. The molecule has 1 aliphatic heterocycles. The summed E-state index contributed by atoms with van der Waals surface area (Å²) in [5.41, 5.74) is 0. The van der Waals surface area contributed by atoms with Crippen LogP contribution < -0.4 is 5.32 Å². The lowest BCUT2D eigenvalue weighted by atomic mass is 10.1. The molecule has 5 nitrogen and oxygen atoms in total. The SMILES string of the molecule is Cc1nnc(CNCC2CCCCO2)o1. The topological polar surface area (TPSA) is 60.2 Å². The molecule has 5 heteroatoms. The zero-order valence-corrected chi connectivity index (χ0v) is 9.03. The molecule has 1 unspecified atom stereocenters. The summed E-state index contributed by atoms with van der Waals surface area (Å²) in [5.74, 6) is 1.25. The molecular weight excluding hydrogens is 194 g/mol. The van der Waals surface area contributed by atoms with E-state index in [9.17, 15) is 0 Å². The Kier molecular flexibility index (Phi) is 3.69. The summed E-state index contributed by atoms with van der Waals surface area (Å²) < 4.78 is 10.8. The van der Waals surface area contributed by atoms with E-state index in [0.717, 1.165) is 19.6 Å². The van der Waals surface area contributed by atoms with E-state index in [4.69, 9.17) is 9.15 Å². The molecule has 0 bridgehead atoms. The lowest BCUT2D eigenvalue weighted by Crippen LogP contribution is -2.31. The highest BCUT2D eigenvalue weighted by molar-refractivity contribution is 4.78. The summed E-state index contributed by atoms with van der Waals surface area (Å²) >= 11 is 0. The molecule has 84 valence electrons. The van der Waals surface area contributed by atoms with Crippen molar-refractivity contribution < 1.29 is 9.15 Å². The predicted molar refractivity (Wildman–Crippen MR) is 54.3 cm³/mol. The summed E-state index contributed by atoms with van der Waals surface area (Å²) in [5, 5.41) is 10.9. The van der Waals surface area contributed by atoms with Crippen LogP contribution in [-0.2, 0) is 11.3 Å². The van der Waals surface area contributed by atoms with Gasteiger partial charge >= 0.3 is 0 Å². The molecule has 2 rings (SSSR count). The Hall–Kier alpha value is -0.940. The standard InChI is InChI=1S/C10H17N3O2/c1-8-12-13-10(15-8)7-11-6-9-4-2-3-5-14-9/h9,11H,2-7H2,1H3. The van der Waals surface area contributed by atoms with Gasteiger partial charge in [-0.2, -0.15) is 0 Å². The van der Waals surface area contributed by atoms with Gasteiger partial charge in [-0.15, -0.1) is 10.2 Å². The van der Waals surface area contributed by atoms with Gasteiger partial charge < -0.3 is 14.5 Å². The summed E-state index contributed by atoms with van der Waals surface area (Å²) in [6, 6.07) is 0. The van der Waals surface area contributed by atoms with Gasteiger partial charge in [0.15, 0.2) is 0 Å². The molecule has 1 atom stereocenters. The summed E-state index contributed by atoms with van der Waals surface area (Å²) in [6.07, 6.45) is 3.96. The second kappa shape index (κ2) is 5.23. The highest BCUT2D eigenvalue weighted by atomic mass is 16.5. The van der Waals surface area contributed by atoms with Crippen LogP contribution in [-0.4, -0.2) is 29.5 Å². The van der Waals surface area contributed by atoms with Gasteiger partial charge in [-0.05, 0) is 19.3 Å². The number of nitrogens with zero attached hydrogens (tertiary/aromatic N) is 2. The van der Waals surface area contributed by atoms with Crippen LogP contribution in [0.1, 0.15) is 31.0 Å². The van der Waals surface area contributed by atoms with Crippen LogP contribution in [0, 0.1) is 6.92 Å². The lowest BCUT2D eigenvalue weighted by Gasteiger charge is -2.22. The first kappa shape index (κ1) is 10.6. The van der Waals surface area contributed by atoms with Crippen LogP contribution in [0.25, 0.3) is 0 Å². The van der Waals surface area contributed by atoms with E-state index in [1.165, 1.54) is 12.8 Å². The number of ether oxygens (including phenoxy) is 1. The minimum Gasteiger partial charge on any atom is -0.424 e. The molecule has 0 spiro atoms. The quantitative estimate of drug-likeness (QED) is 0.806. The lowest BCUT2D eigenvalue weighted by molar-refractivity contribution is 0.0165. The molecule has 2 heterocycles. The average Bonchev–Trinajstić information content (AvgIpc) is 2.66. The molecular formula is C10H17N3O2. The van der Waals surface area contributed by atoms with E-state index in [1.807, 2.05) is 0 Å². The minimum atomic E-state index is 0.350. The van der Waals surface area contributed by atoms with Gasteiger partial charge in [0.25, 0.3) is 0 Å². The zero-order valence-electron chi connectivity index (χ0n) is 9.03. The van der Waals surface area contributed by atoms with E-state index in [0.29, 0.717) is 24.4 Å². The van der Waals surface area contributed by atoms with E-state index < -0.39 is 0 Å².